The molecule has 0 saturated carbocycles. The van der Waals surface area contributed by atoms with Crippen LogP contribution in [0.25, 0.3) is 11.3 Å². The number of nitrogens with zero attached hydrogens (tertiary/aromatic N) is 2. The van der Waals surface area contributed by atoms with Gasteiger partial charge in [0.25, 0.3) is 5.91 Å². The Bertz CT molecular complexity index is 951. The number of carbonyl (C=O) groups excluding carboxylic acids is 1. The maximum Gasteiger partial charge on any atom is 0.272 e. The zero-order valence-electron chi connectivity index (χ0n) is 12.8. The van der Waals surface area contributed by atoms with E-state index in [4.69, 9.17) is 11.6 Å². The third-order valence-corrected chi connectivity index (χ3v) is 4.56. The van der Waals surface area contributed by atoms with E-state index in [0.717, 1.165) is 11.1 Å². The number of rotatable bonds is 2. The highest BCUT2D eigenvalue weighted by molar-refractivity contribution is 6.30. The number of carbonyl (C=O) groups is 1. The minimum Gasteiger partial charge on any atom is -0.507 e. The van der Waals surface area contributed by atoms with E-state index in [9.17, 15) is 9.90 Å². The van der Waals surface area contributed by atoms with Crippen molar-refractivity contribution in [2.75, 3.05) is 7.05 Å². The molecule has 5 nitrogen and oxygen atoms in total. The molecule has 1 aliphatic rings. The number of hydrogen-bond acceptors (Lipinski definition) is 3. The summed E-state index contributed by atoms with van der Waals surface area (Å²) in [6.07, 6.45) is 0. The van der Waals surface area contributed by atoms with Gasteiger partial charge in [-0.1, -0.05) is 35.9 Å². The van der Waals surface area contributed by atoms with E-state index in [0.29, 0.717) is 22.0 Å². The Hall–Kier alpha value is -2.79. The first-order chi connectivity index (χ1) is 11.6. The maximum absolute atomic E-state index is 12.6. The molecule has 24 heavy (non-hydrogen) atoms. The van der Waals surface area contributed by atoms with E-state index < -0.39 is 0 Å². The van der Waals surface area contributed by atoms with Crippen LogP contribution in [0.5, 0.6) is 5.75 Å². The molecule has 0 radical (unpaired) electrons. The van der Waals surface area contributed by atoms with Gasteiger partial charge in [-0.05, 0) is 29.8 Å². The van der Waals surface area contributed by atoms with Crippen molar-refractivity contribution in [3.05, 3.63) is 70.4 Å². The number of amides is 1. The van der Waals surface area contributed by atoms with Crippen LogP contribution in [0.4, 0.5) is 0 Å². The molecule has 3 aromatic rings. The second-order valence-corrected chi connectivity index (χ2v) is 6.19. The van der Waals surface area contributed by atoms with E-state index in [-0.39, 0.29) is 17.7 Å². The summed E-state index contributed by atoms with van der Waals surface area (Å²) in [7, 11) is 1.75. The minimum absolute atomic E-state index is 0.124. The topological polar surface area (TPSA) is 69.2 Å². The van der Waals surface area contributed by atoms with Crippen molar-refractivity contribution in [3.8, 4) is 17.0 Å². The van der Waals surface area contributed by atoms with Gasteiger partial charge in [0.2, 0.25) is 0 Å². The van der Waals surface area contributed by atoms with Crippen LogP contribution in [-0.4, -0.2) is 33.2 Å². The number of aromatic nitrogens is 2. The molecule has 0 aliphatic carbocycles. The lowest BCUT2D eigenvalue weighted by Gasteiger charge is -2.22. The minimum atomic E-state index is -0.306. The summed E-state index contributed by atoms with van der Waals surface area (Å²) in [6, 6.07) is 14.1. The molecule has 0 bridgehead atoms. The number of halogens is 1. The first-order valence-corrected chi connectivity index (χ1v) is 7.85. The number of phenols is 1. The number of aromatic amines is 1. The number of H-pyrrole nitrogens is 1. The summed E-state index contributed by atoms with van der Waals surface area (Å²) in [5, 5.41) is 17.9. The standard InChI is InChI=1S/C18H14ClN3O2/c1-22-17(10-5-4-6-11(19)9-10)14-15(20-21-16(14)18(22)24)12-7-2-3-8-13(12)23/h2-9,17,23H,1H3,(H,20,21)/t17-/m1/s1. The highest BCUT2D eigenvalue weighted by Gasteiger charge is 2.40. The Labute approximate surface area is 143 Å². The number of aromatic hydroxyl groups is 1. The van der Waals surface area contributed by atoms with Crippen molar-refractivity contribution < 1.29 is 9.90 Å². The lowest BCUT2D eigenvalue weighted by Crippen LogP contribution is -2.24. The molecule has 4 rings (SSSR count). The quantitative estimate of drug-likeness (QED) is 0.749. The smallest absolute Gasteiger partial charge is 0.272 e. The Balaban J connectivity index is 1.94. The molecule has 6 heteroatoms. The summed E-state index contributed by atoms with van der Waals surface area (Å²) < 4.78 is 0. The summed E-state index contributed by atoms with van der Waals surface area (Å²) in [5.74, 6) is -0.0113. The van der Waals surface area contributed by atoms with Crippen LogP contribution in [0.2, 0.25) is 5.02 Å². The molecule has 2 N–H and O–H groups in total. The summed E-state index contributed by atoms with van der Waals surface area (Å²) in [6.45, 7) is 0. The van der Waals surface area contributed by atoms with E-state index in [1.54, 1.807) is 36.2 Å². The van der Waals surface area contributed by atoms with Crippen LogP contribution in [0, 0.1) is 0 Å². The largest absolute Gasteiger partial charge is 0.507 e. The number of fused-ring (bicyclic) bond motifs is 1. The second kappa shape index (κ2) is 5.39. The summed E-state index contributed by atoms with van der Waals surface area (Å²) in [4.78, 5) is 14.2. The van der Waals surface area contributed by atoms with Crippen molar-refractivity contribution in [2.45, 2.75) is 6.04 Å². The molecule has 0 saturated heterocycles. The molecule has 1 aliphatic heterocycles. The predicted molar refractivity (Wildman–Crippen MR) is 91.1 cm³/mol. The molecule has 0 fully saturated rings. The molecule has 0 unspecified atom stereocenters. The van der Waals surface area contributed by atoms with E-state index in [1.807, 2.05) is 24.3 Å². The second-order valence-electron chi connectivity index (χ2n) is 5.75. The number of para-hydroxylation sites is 1. The molecule has 1 amide bonds. The van der Waals surface area contributed by atoms with Gasteiger partial charge in [-0.2, -0.15) is 5.10 Å². The average Bonchev–Trinajstić information content (AvgIpc) is 3.08. The van der Waals surface area contributed by atoms with Gasteiger partial charge in [0.1, 0.15) is 17.1 Å². The van der Waals surface area contributed by atoms with Crippen molar-refractivity contribution in [2.24, 2.45) is 0 Å². The van der Waals surface area contributed by atoms with Crippen LogP contribution in [0.1, 0.15) is 27.7 Å². The van der Waals surface area contributed by atoms with Gasteiger partial charge in [0.05, 0.1) is 6.04 Å². The molecule has 2 aromatic carbocycles. The molecule has 1 aromatic heterocycles. The van der Waals surface area contributed by atoms with Crippen molar-refractivity contribution in [1.82, 2.24) is 15.1 Å². The van der Waals surface area contributed by atoms with Gasteiger partial charge in [0, 0.05) is 23.2 Å². The number of nitrogens with one attached hydrogen (secondary N) is 1. The molecule has 1 atom stereocenters. The van der Waals surface area contributed by atoms with Crippen molar-refractivity contribution in [3.63, 3.8) is 0 Å². The van der Waals surface area contributed by atoms with Gasteiger partial charge in [-0.25, -0.2) is 0 Å². The average molecular weight is 340 g/mol. The van der Waals surface area contributed by atoms with Gasteiger partial charge < -0.3 is 10.0 Å². The Kier molecular flexibility index (Phi) is 3.32. The Morgan fingerprint density at radius 2 is 2.00 bits per heavy atom. The SMILES string of the molecule is CN1C(=O)c2[nH]nc(-c3ccccc3O)c2[C@H]1c1cccc(Cl)c1. The van der Waals surface area contributed by atoms with Gasteiger partial charge >= 0.3 is 0 Å². The zero-order chi connectivity index (χ0) is 16.8. The van der Waals surface area contributed by atoms with Crippen LogP contribution >= 0.6 is 11.6 Å². The van der Waals surface area contributed by atoms with E-state index in [1.165, 1.54) is 0 Å². The zero-order valence-corrected chi connectivity index (χ0v) is 13.6. The summed E-state index contributed by atoms with van der Waals surface area (Å²) in [5.41, 5.74) is 3.26. The highest BCUT2D eigenvalue weighted by atomic mass is 35.5. The van der Waals surface area contributed by atoms with Crippen LogP contribution in [0.15, 0.2) is 48.5 Å². The molecular weight excluding hydrogens is 326 g/mol. The first kappa shape index (κ1) is 14.8. The Morgan fingerprint density at radius 1 is 1.21 bits per heavy atom. The van der Waals surface area contributed by atoms with Gasteiger partial charge in [0.15, 0.2) is 0 Å². The highest BCUT2D eigenvalue weighted by Crippen LogP contribution is 2.43. The van der Waals surface area contributed by atoms with E-state index >= 15 is 0 Å². The van der Waals surface area contributed by atoms with Crippen LogP contribution < -0.4 is 0 Å². The third kappa shape index (κ3) is 2.09. The third-order valence-electron chi connectivity index (χ3n) is 4.32. The number of hydrogen-bond donors (Lipinski definition) is 2. The fourth-order valence-electron chi connectivity index (χ4n) is 3.21. The lowest BCUT2D eigenvalue weighted by molar-refractivity contribution is 0.0788. The lowest BCUT2D eigenvalue weighted by atomic mass is 9.96. The number of benzene rings is 2. The van der Waals surface area contributed by atoms with Gasteiger partial charge in [-0.15, -0.1) is 0 Å². The Morgan fingerprint density at radius 3 is 2.75 bits per heavy atom. The number of phenolic OH excluding ortho intramolecular Hbond substituents is 1. The monoisotopic (exact) mass is 339 g/mol. The fraction of sp³-hybridized carbons (Fsp3) is 0.111. The fourth-order valence-corrected chi connectivity index (χ4v) is 3.41. The predicted octanol–water partition coefficient (Wildman–Crippen LogP) is 3.61. The van der Waals surface area contributed by atoms with E-state index in [2.05, 4.69) is 10.2 Å². The van der Waals surface area contributed by atoms with Crippen molar-refractivity contribution >= 4 is 17.5 Å². The maximum atomic E-state index is 12.6. The van der Waals surface area contributed by atoms with Gasteiger partial charge in [-0.3, -0.25) is 9.89 Å². The van der Waals surface area contributed by atoms with Crippen LogP contribution in [0.3, 0.4) is 0 Å². The summed E-state index contributed by atoms with van der Waals surface area (Å²) >= 11 is 6.12. The van der Waals surface area contributed by atoms with Crippen molar-refractivity contribution in [1.29, 1.82) is 0 Å². The van der Waals surface area contributed by atoms with Crippen LogP contribution in [-0.2, 0) is 0 Å². The molecule has 0 spiro atoms. The molecule has 120 valence electrons. The molecular formula is C18H14ClN3O2. The normalized spacial score (nSPS) is 16.5. The first-order valence-electron chi connectivity index (χ1n) is 7.47. The molecule has 2 heterocycles.